The van der Waals surface area contributed by atoms with Crippen LogP contribution in [0.2, 0.25) is 0 Å². The third-order valence-electron chi connectivity index (χ3n) is 5.82. The number of carbonyl (C=O) groups is 1. The highest BCUT2D eigenvalue weighted by Crippen LogP contribution is 2.31. The standard InChI is InChI=1S/C21H23N5O2S/c22-20(27)26-13-15-11-16(26)12-25(15)10-2-3-14-5-7-17(8-6-14)28-21-24-19-18(29-21)4-1-9-23-19/h1,4-9,15-16H,2-3,10-13H2,(H2,22,27)/t15-,16-/m1/s1. The number of aryl methyl sites for hydroxylation is 1. The molecule has 2 saturated heterocycles. The van der Waals surface area contributed by atoms with Crippen molar-refractivity contribution in [2.24, 2.45) is 5.73 Å². The summed E-state index contributed by atoms with van der Waals surface area (Å²) < 4.78 is 6.91. The van der Waals surface area contributed by atoms with Gasteiger partial charge in [-0.3, -0.25) is 4.90 Å². The molecule has 2 aromatic heterocycles. The number of hydrogen-bond donors (Lipinski definition) is 1. The molecule has 4 heterocycles. The van der Waals surface area contributed by atoms with Crippen molar-refractivity contribution < 1.29 is 9.53 Å². The van der Waals surface area contributed by atoms with Crippen LogP contribution in [0.15, 0.2) is 42.6 Å². The number of hydrogen-bond acceptors (Lipinski definition) is 6. The largest absolute Gasteiger partial charge is 0.431 e. The van der Waals surface area contributed by atoms with E-state index in [4.69, 9.17) is 10.5 Å². The lowest BCUT2D eigenvalue weighted by Crippen LogP contribution is -2.50. The minimum absolute atomic E-state index is 0.276. The fourth-order valence-electron chi connectivity index (χ4n) is 4.40. The van der Waals surface area contributed by atoms with Crippen LogP contribution < -0.4 is 10.5 Å². The molecule has 1 aromatic carbocycles. The smallest absolute Gasteiger partial charge is 0.315 e. The van der Waals surface area contributed by atoms with Gasteiger partial charge in [-0.2, -0.15) is 4.98 Å². The highest BCUT2D eigenvalue weighted by Gasteiger charge is 2.44. The molecule has 0 spiro atoms. The van der Waals surface area contributed by atoms with Crippen LogP contribution in [0, 0.1) is 0 Å². The minimum atomic E-state index is -0.276. The van der Waals surface area contributed by atoms with Crippen LogP contribution in [-0.2, 0) is 6.42 Å². The Bertz CT molecular complexity index is 988. The number of carbonyl (C=O) groups excluding carboxylic acids is 1. The second kappa shape index (κ2) is 7.61. The van der Waals surface area contributed by atoms with Crippen LogP contribution in [0.1, 0.15) is 18.4 Å². The molecule has 150 valence electrons. The zero-order chi connectivity index (χ0) is 19.8. The van der Waals surface area contributed by atoms with Gasteiger partial charge in [0.15, 0.2) is 5.65 Å². The summed E-state index contributed by atoms with van der Waals surface area (Å²) in [5.41, 5.74) is 7.46. The number of amides is 2. The number of piperazine rings is 1. The Morgan fingerprint density at radius 3 is 2.79 bits per heavy atom. The molecule has 0 radical (unpaired) electrons. The van der Waals surface area contributed by atoms with Crippen LogP contribution in [0.5, 0.6) is 10.9 Å². The first kappa shape index (κ1) is 18.3. The number of aromatic nitrogens is 2. The number of thiazole rings is 1. The molecule has 2 N–H and O–H groups in total. The molecule has 0 aliphatic carbocycles. The lowest BCUT2D eigenvalue weighted by molar-refractivity contribution is 0.141. The first-order valence-corrected chi connectivity index (χ1v) is 10.8. The quantitative estimate of drug-likeness (QED) is 0.676. The van der Waals surface area contributed by atoms with Crippen molar-refractivity contribution in [1.29, 1.82) is 0 Å². The third kappa shape index (κ3) is 3.77. The number of primary amides is 1. The van der Waals surface area contributed by atoms with Crippen molar-refractivity contribution in [2.75, 3.05) is 19.6 Å². The van der Waals surface area contributed by atoms with Gasteiger partial charge in [-0.15, -0.1) is 0 Å². The summed E-state index contributed by atoms with van der Waals surface area (Å²) in [5, 5.41) is 0.612. The maximum atomic E-state index is 11.4. The molecule has 2 aliphatic rings. The Morgan fingerprint density at radius 1 is 1.21 bits per heavy atom. The highest BCUT2D eigenvalue weighted by molar-refractivity contribution is 7.20. The summed E-state index contributed by atoms with van der Waals surface area (Å²) in [6.07, 6.45) is 4.93. The van der Waals surface area contributed by atoms with E-state index in [0.717, 1.165) is 55.0 Å². The fourth-order valence-corrected chi connectivity index (χ4v) is 5.19. The fraction of sp³-hybridized carbons (Fsp3) is 0.381. The monoisotopic (exact) mass is 409 g/mol. The number of urea groups is 1. The van der Waals surface area contributed by atoms with E-state index in [1.807, 2.05) is 29.2 Å². The molecular formula is C21H23N5O2S. The van der Waals surface area contributed by atoms with Gasteiger partial charge < -0.3 is 15.4 Å². The Balaban J connectivity index is 1.11. The van der Waals surface area contributed by atoms with Crippen LogP contribution >= 0.6 is 11.3 Å². The molecule has 0 saturated carbocycles. The number of fused-ring (bicyclic) bond motifs is 3. The summed E-state index contributed by atoms with van der Waals surface area (Å²) in [4.78, 5) is 24.4. The van der Waals surface area contributed by atoms with E-state index < -0.39 is 0 Å². The molecule has 29 heavy (non-hydrogen) atoms. The molecule has 0 unspecified atom stereocenters. The van der Waals surface area contributed by atoms with Gasteiger partial charge >= 0.3 is 6.03 Å². The average molecular weight is 410 g/mol. The second-order valence-corrected chi connectivity index (χ2v) is 8.68. The summed E-state index contributed by atoms with van der Waals surface area (Å²) in [7, 11) is 0. The number of benzene rings is 1. The first-order chi connectivity index (χ1) is 14.2. The maximum absolute atomic E-state index is 11.4. The van der Waals surface area contributed by atoms with E-state index in [2.05, 4.69) is 27.0 Å². The Morgan fingerprint density at radius 2 is 2.07 bits per heavy atom. The molecule has 2 amide bonds. The average Bonchev–Trinajstić information content (AvgIpc) is 3.42. The van der Waals surface area contributed by atoms with Gasteiger partial charge in [-0.1, -0.05) is 23.5 Å². The van der Waals surface area contributed by atoms with Crippen LogP contribution in [-0.4, -0.2) is 57.5 Å². The summed E-state index contributed by atoms with van der Waals surface area (Å²) in [6.45, 7) is 2.80. The highest BCUT2D eigenvalue weighted by atomic mass is 32.1. The minimum Gasteiger partial charge on any atom is -0.431 e. The van der Waals surface area contributed by atoms with Crippen LogP contribution in [0.3, 0.4) is 0 Å². The van der Waals surface area contributed by atoms with Gasteiger partial charge in [0.05, 0.1) is 4.70 Å². The number of pyridine rings is 1. The molecule has 8 heteroatoms. The first-order valence-electron chi connectivity index (χ1n) is 9.94. The second-order valence-electron chi connectivity index (χ2n) is 7.68. The Labute approximate surface area is 173 Å². The molecule has 2 atom stereocenters. The van der Waals surface area contributed by atoms with Gasteiger partial charge in [-0.05, 0) is 55.6 Å². The van der Waals surface area contributed by atoms with E-state index in [9.17, 15) is 4.79 Å². The zero-order valence-corrected chi connectivity index (χ0v) is 16.8. The summed E-state index contributed by atoms with van der Waals surface area (Å²) in [5.74, 6) is 0.788. The number of rotatable bonds is 6. The molecule has 5 rings (SSSR count). The maximum Gasteiger partial charge on any atom is 0.315 e. The number of likely N-dealkylation sites (tertiary alicyclic amines) is 2. The van der Waals surface area contributed by atoms with Crippen molar-refractivity contribution >= 4 is 27.7 Å². The molecule has 7 nitrogen and oxygen atoms in total. The van der Waals surface area contributed by atoms with Gasteiger partial charge in [0.25, 0.3) is 5.19 Å². The topological polar surface area (TPSA) is 84.6 Å². The van der Waals surface area contributed by atoms with E-state index in [-0.39, 0.29) is 6.03 Å². The Hall–Kier alpha value is -2.71. The normalized spacial score (nSPS) is 21.2. The number of nitrogens with two attached hydrogens (primary N) is 1. The lowest BCUT2D eigenvalue weighted by atomic mass is 10.1. The van der Waals surface area contributed by atoms with Gasteiger partial charge in [0.1, 0.15) is 5.75 Å². The predicted molar refractivity (Wildman–Crippen MR) is 112 cm³/mol. The molecule has 3 aromatic rings. The van der Waals surface area contributed by atoms with Crippen molar-refractivity contribution in [3.63, 3.8) is 0 Å². The van der Waals surface area contributed by atoms with Crippen LogP contribution in [0.4, 0.5) is 4.79 Å². The zero-order valence-electron chi connectivity index (χ0n) is 16.0. The predicted octanol–water partition coefficient (Wildman–Crippen LogP) is 3.25. The van der Waals surface area contributed by atoms with Crippen molar-refractivity contribution in [3.05, 3.63) is 48.2 Å². The van der Waals surface area contributed by atoms with Gasteiger partial charge in [0.2, 0.25) is 0 Å². The summed E-state index contributed by atoms with van der Waals surface area (Å²) >= 11 is 1.50. The van der Waals surface area contributed by atoms with Crippen molar-refractivity contribution in [3.8, 4) is 10.9 Å². The molecule has 2 bridgehead atoms. The van der Waals surface area contributed by atoms with E-state index >= 15 is 0 Å². The number of ether oxygens (including phenoxy) is 1. The SMILES string of the molecule is NC(=O)N1C[C@H]2C[C@@H]1CN2CCCc1ccc(Oc2nc3ncccc3s2)cc1. The number of nitrogens with zero attached hydrogens (tertiary/aromatic N) is 4. The van der Waals surface area contributed by atoms with Crippen LogP contribution in [0.25, 0.3) is 10.3 Å². The molecule has 2 aliphatic heterocycles. The summed E-state index contributed by atoms with van der Waals surface area (Å²) in [6, 6.07) is 12.6. The van der Waals surface area contributed by atoms with E-state index in [1.165, 1.54) is 16.9 Å². The lowest BCUT2D eigenvalue weighted by Gasteiger charge is -2.33. The van der Waals surface area contributed by atoms with Gasteiger partial charge in [0, 0.05) is 31.4 Å². The van der Waals surface area contributed by atoms with E-state index in [1.54, 1.807) is 6.20 Å². The van der Waals surface area contributed by atoms with Crippen molar-refractivity contribution in [1.82, 2.24) is 19.8 Å². The van der Waals surface area contributed by atoms with E-state index in [0.29, 0.717) is 17.3 Å². The third-order valence-corrected chi connectivity index (χ3v) is 6.71. The van der Waals surface area contributed by atoms with Gasteiger partial charge in [-0.25, -0.2) is 9.78 Å². The Kier molecular flexibility index (Phi) is 4.81. The molecule has 2 fully saturated rings. The molecular weight excluding hydrogens is 386 g/mol. The van der Waals surface area contributed by atoms with Crippen molar-refractivity contribution in [2.45, 2.75) is 31.3 Å².